The van der Waals surface area contributed by atoms with Crippen LogP contribution in [0.2, 0.25) is 0 Å². The van der Waals surface area contributed by atoms with E-state index in [0.717, 1.165) is 31.4 Å². The Morgan fingerprint density at radius 3 is 1.71 bits per heavy atom. The summed E-state index contributed by atoms with van der Waals surface area (Å²) in [5.41, 5.74) is 1.29. The van der Waals surface area contributed by atoms with E-state index in [4.69, 9.17) is 9.47 Å². The second-order valence-electron chi connectivity index (χ2n) is 6.58. The Balaban J connectivity index is 1.88. The first-order chi connectivity index (χ1) is 13.4. The number of ether oxygens (including phenoxy) is 2. The molecule has 1 N–H and O–H groups in total. The lowest BCUT2D eigenvalue weighted by Crippen LogP contribution is -2.40. The van der Waals surface area contributed by atoms with Crippen molar-refractivity contribution in [1.29, 1.82) is 0 Å². The van der Waals surface area contributed by atoms with E-state index in [1.807, 2.05) is 79.7 Å². The van der Waals surface area contributed by atoms with Crippen molar-refractivity contribution in [2.45, 2.75) is 25.2 Å². The number of halogens is 2. The summed E-state index contributed by atoms with van der Waals surface area (Å²) in [4.78, 5) is 0. The molecule has 0 radical (unpaired) electrons. The Labute approximate surface area is 182 Å². The predicted molar refractivity (Wildman–Crippen MR) is 119 cm³/mol. The van der Waals surface area contributed by atoms with E-state index >= 15 is 0 Å². The Kier molecular flexibility index (Phi) is 6.94. The fourth-order valence-electron chi connectivity index (χ4n) is 3.11. The van der Waals surface area contributed by atoms with Crippen molar-refractivity contribution in [1.82, 2.24) is 0 Å². The molecule has 3 rings (SSSR count). The summed E-state index contributed by atoms with van der Waals surface area (Å²) in [5.74, 6) is 0.804. The van der Waals surface area contributed by atoms with E-state index in [2.05, 4.69) is 31.9 Å². The minimum absolute atomic E-state index is 0.389. The van der Waals surface area contributed by atoms with Gasteiger partial charge in [0, 0.05) is 8.95 Å². The molecule has 1 atom stereocenters. The van der Waals surface area contributed by atoms with Gasteiger partial charge in [-0.3, -0.25) is 0 Å². The first-order valence-corrected chi connectivity index (χ1v) is 10.5. The second-order valence-corrected chi connectivity index (χ2v) is 8.41. The molecule has 0 aliphatic rings. The Hall–Kier alpha value is -1.66. The average molecular weight is 506 g/mol. The Morgan fingerprint density at radius 2 is 1.29 bits per heavy atom. The van der Waals surface area contributed by atoms with Crippen LogP contribution < -0.4 is 4.74 Å². The van der Waals surface area contributed by atoms with Gasteiger partial charge >= 0.3 is 0 Å². The zero-order chi connectivity index (χ0) is 20.1. The molecule has 0 saturated heterocycles. The van der Waals surface area contributed by atoms with Crippen LogP contribution in [0.1, 0.15) is 23.6 Å². The Morgan fingerprint density at radius 1 is 0.821 bits per heavy atom. The summed E-state index contributed by atoms with van der Waals surface area (Å²) in [5, 5.41) is 11.8. The maximum absolute atomic E-state index is 11.8. The average Bonchev–Trinajstić information content (AvgIpc) is 2.72. The van der Waals surface area contributed by atoms with Crippen molar-refractivity contribution >= 4 is 31.9 Å². The highest BCUT2D eigenvalue weighted by Gasteiger charge is 2.38. The van der Waals surface area contributed by atoms with E-state index in [9.17, 15) is 5.11 Å². The smallest absolute Gasteiger partial charge is 0.140 e. The summed E-state index contributed by atoms with van der Waals surface area (Å²) >= 11 is 6.92. The van der Waals surface area contributed by atoms with Crippen molar-refractivity contribution in [3.63, 3.8) is 0 Å². The third kappa shape index (κ3) is 4.66. The third-order valence-electron chi connectivity index (χ3n) is 4.82. The van der Waals surface area contributed by atoms with E-state index in [1.54, 1.807) is 7.11 Å². The quantitative estimate of drug-likeness (QED) is 0.424. The molecule has 0 aliphatic carbocycles. The fourth-order valence-corrected chi connectivity index (χ4v) is 3.64. The molecule has 0 amide bonds. The van der Waals surface area contributed by atoms with Crippen LogP contribution in [0.15, 0.2) is 81.7 Å². The van der Waals surface area contributed by atoms with Gasteiger partial charge in [-0.15, -0.1) is 0 Å². The minimum Gasteiger partial charge on any atom is -0.497 e. The number of aliphatic hydroxyl groups is 1. The molecular formula is C23H22Br2O3. The SMILES string of the molecule is COc1ccc(CO[C@@H](C)C(O)(c2ccc(Br)cc2)c2ccc(Br)cc2)cc1. The molecule has 0 unspecified atom stereocenters. The van der Waals surface area contributed by atoms with Crippen LogP contribution >= 0.6 is 31.9 Å². The molecule has 3 nitrogen and oxygen atoms in total. The second kappa shape index (κ2) is 9.23. The van der Waals surface area contributed by atoms with Gasteiger partial charge in [-0.2, -0.15) is 0 Å². The van der Waals surface area contributed by atoms with E-state index in [-0.39, 0.29) is 0 Å². The molecule has 5 heteroatoms. The molecule has 0 fully saturated rings. The fraction of sp³-hybridized carbons (Fsp3) is 0.217. The molecule has 0 aromatic heterocycles. The highest BCUT2D eigenvalue weighted by molar-refractivity contribution is 9.10. The molecule has 146 valence electrons. The van der Waals surface area contributed by atoms with Crippen LogP contribution in [-0.4, -0.2) is 18.3 Å². The van der Waals surface area contributed by atoms with Gasteiger partial charge in [-0.1, -0.05) is 68.3 Å². The standard InChI is InChI=1S/C23H22Br2O3/c1-16(28-15-17-3-13-22(27-2)14-4-17)23(26,18-5-9-20(24)10-6-18)19-7-11-21(25)12-8-19/h3-14,16,26H,15H2,1-2H3/t16-/m0/s1. The van der Waals surface area contributed by atoms with Gasteiger partial charge in [0.05, 0.1) is 19.8 Å². The van der Waals surface area contributed by atoms with Gasteiger partial charge < -0.3 is 14.6 Å². The lowest BCUT2D eigenvalue weighted by Gasteiger charge is -2.35. The molecule has 0 saturated carbocycles. The van der Waals surface area contributed by atoms with Gasteiger partial charge in [0.2, 0.25) is 0 Å². The zero-order valence-electron chi connectivity index (χ0n) is 15.7. The number of benzene rings is 3. The molecule has 0 aliphatic heterocycles. The van der Waals surface area contributed by atoms with Crippen LogP contribution in [0.3, 0.4) is 0 Å². The minimum atomic E-state index is -1.28. The number of hydrogen-bond acceptors (Lipinski definition) is 3. The van der Waals surface area contributed by atoms with Crippen molar-refractivity contribution < 1.29 is 14.6 Å². The highest BCUT2D eigenvalue weighted by Crippen LogP contribution is 2.36. The molecule has 0 bridgehead atoms. The topological polar surface area (TPSA) is 38.7 Å². The Bertz CT molecular complexity index is 845. The van der Waals surface area contributed by atoms with Gasteiger partial charge in [0.15, 0.2) is 0 Å². The third-order valence-corrected chi connectivity index (χ3v) is 5.87. The normalized spacial score (nSPS) is 12.6. The van der Waals surface area contributed by atoms with Crippen LogP contribution in [0.25, 0.3) is 0 Å². The largest absolute Gasteiger partial charge is 0.497 e. The van der Waals surface area contributed by atoms with Crippen molar-refractivity contribution in [3.8, 4) is 5.75 Å². The van der Waals surface area contributed by atoms with E-state index in [0.29, 0.717) is 6.61 Å². The van der Waals surface area contributed by atoms with Crippen molar-refractivity contribution in [3.05, 3.63) is 98.4 Å². The van der Waals surface area contributed by atoms with Crippen LogP contribution in [0.5, 0.6) is 5.75 Å². The molecule has 28 heavy (non-hydrogen) atoms. The highest BCUT2D eigenvalue weighted by atomic mass is 79.9. The molecule has 0 spiro atoms. The maximum Gasteiger partial charge on any atom is 0.140 e. The van der Waals surface area contributed by atoms with Gasteiger partial charge in [-0.25, -0.2) is 0 Å². The molecule has 0 heterocycles. The lowest BCUT2D eigenvalue weighted by atomic mass is 9.82. The maximum atomic E-state index is 11.8. The summed E-state index contributed by atoms with van der Waals surface area (Å²) in [6.45, 7) is 2.29. The summed E-state index contributed by atoms with van der Waals surface area (Å²) in [7, 11) is 1.64. The van der Waals surface area contributed by atoms with Crippen molar-refractivity contribution in [2.24, 2.45) is 0 Å². The van der Waals surface area contributed by atoms with Crippen LogP contribution in [0, 0.1) is 0 Å². The number of hydrogen-bond donors (Lipinski definition) is 1. The molecule has 3 aromatic carbocycles. The van der Waals surface area contributed by atoms with Gasteiger partial charge in [-0.05, 0) is 60.0 Å². The van der Waals surface area contributed by atoms with Gasteiger partial charge in [0.25, 0.3) is 0 Å². The van der Waals surface area contributed by atoms with Crippen LogP contribution in [0.4, 0.5) is 0 Å². The summed E-state index contributed by atoms with van der Waals surface area (Å²) in [6.07, 6.45) is -0.475. The molecule has 3 aromatic rings. The number of methoxy groups -OCH3 is 1. The number of rotatable bonds is 7. The monoisotopic (exact) mass is 504 g/mol. The zero-order valence-corrected chi connectivity index (χ0v) is 18.9. The van der Waals surface area contributed by atoms with E-state index in [1.165, 1.54) is 0 Å². The summed E-state index contributed by atoms with van der Waals surface area (Å²) < 4.78 is 13.2. The van der Waals surface area contributed by atoms with E-state index < -0.39 is 11.7 Å². The van der Waals surface area contributed by atoms with Crippen LogP contribution in [-0.2, 0) is 16.9 Å². The first-order valence-electron chi connectivity index (χ1n) is 8.92. The van der Waals surface area contributed by atoms with Crippen molar-refractivity contribution in [2.75, 3.05) is 7.11 Å². The van der Waals surface area contributed by atoms with Gasteiger partial charge in [0.1, 0.15) is 11.4 Å². The predicted octanol–water partition coefficient (Wildman–Crippen LogP) is 6.06. The first kappa shape index (κ1) is 21.1. The summed E-state index contributed by atoms with van der Waals surface area (Å²) in [6, 6.07) is 23.1. The lowest BCUT2D eigenvalue weighted by molar-refractivity contribution is -0.0872. The molecular weight excluding hydrogens is 484 g/mol.